The second kappa shape index (κ2) is 7.82. The van der Waals surface area contributed by atoms with Crippen molar-refractivity contribution in [2.75, 3.05) is 5.88 Å². The first-order valence-electron chi connectivity index (χ1n) is 6.03. The number of hydrogen-bond donors (Lipinski definition) is 0. The molecule has 1 aliphatic rings. The van der Waals surface area contributed by atoms with E-state index < -0.39 is 0 Å². The van der Waals surface area contributed by atoms with Crippen LogP contribution in [-0.4, -0.2) is 11.3 Å². The molecular formula is C12H22Cl2. The third-order valence-electron chi connectivity index (χ3n) is 3.27. The largest absolute Gasteiger partial charge is 0.125 e. The molecule has 0 nitrogen and oxygen atoms in total. The van der Waals surface area contributed by atoms with E-state index in [-0.39, 0.29) is 5.38 Å². The van der Waals surface area contributed by atoms with Crippen LogP contribution < -0.4 is 0 Å². The van der Waals surface area contributed by atoms with Gasteiger partial charge in [0, 0.05) is 11.3 Å². The van der Waals surface area contributed by atoms with E-state index in [0.29, 0.717) is 5.88 Å². The van der Waals surface area contributed by atoms with Crippen LogP contribution in [0.5, 0.6) is 0 Å². The number of unbranched alkanes of at least 4 members (excludes halogenated alkanes) is 1. The summed E-state index contributed by atoms with van der Waals surface area (Å²) in [6.07, 6.45) is 12.5. The fourth-order valence-electron chi connectivity index (χ4n) is 2.35. The Bertz CT molecular complexity index is 130. The van der Waals surface area contributed by atoms with Crippen molar-refractivity contribution in [1.82, 2.24) is 0 Å². The van der Waals surface area contributed by atoms with Crippen LogP contribution >= 0.6 is 23.2 Å². The van der Waals surface area contributed by atoms with E-state index in [4.69, 9.17) is 23.2 Å². The van der Waals surface area contributed by atoms with Gasteiger partial charge in [0.2, 0.25) is 0 Å². The molecule has 1 rings (SSSR count). The summed E-state index contributed by atoms with van der Waals surface area (Å²) in [6, 6.07) is 0. The Morgan fingerprint density at radius 2 is 1.79 bits per heavy atom. The first-order valence-corrected chi connectivity index (χ1v) is 7.00. The minimum absolute atomic E-state index is 0.197. The highest BCUT2D eigenvalue weighted by molar-refractivity contribution is 6.28. The molecule has 1 unspecified atom stereocenters. The molecule has 0 saturated heterocycles. The van der Waals surface area contributed by atoms with Crippen LogP contribution in [0.15, 0.2) is 0 Å². The van der Waals surface area contributed by atoms with Crippen molar-refractivity contribution in [3.05, 3.63) is 0 Å². The molecule has 0 N–H and O–H groups in total. The molecule has 0 spiro atoms. The van der Waals surface area contributed by atoms with Gasteiger partial charge in [0.05, 0.1) is 0 Å². The van der Waals surface area contributed by atoms with E-state index in [2.05, 4.69) is 0 Å². The van der Waals surface area contributed by atoms with Crippen molar-refractivity contribution in [1.29, 1.82) is 0 Å². The van der Waals surface area contributed by atoms with Gasteiger partial charge in [-0.2, -0.15) is 0 Å². The Morgan fingerprint density at radius 3 is 2.43 bits per heavy atom. The standard InChI is InChI=1S/C12H22Cl2/c13-10-12(14)9-5-4-8-11-6-2-1-3-7-11/h11-12H,1-10H2. The molecule has 2 heteroatoms. The molecule has 1 atom stereocenters. The summed E-state index contributed by atoms with van der Waals surface area (Å²) in [6.45, 7) is 0. The molecular weight excluding hydrogens is 215 g/mol. The lowest BCUT2D eigenvalue weighted by Crippen LogP contribution is -2.06. The van der Waals surface area contributed by atoms with E-state index in [1.165, 1.54) is 51.4 Å². The van der Waals surface area contributed by atoms with Crippen LogP contribution in [0, 0.1) is 5.92 Å². The number of hydrogen-bond acceptors (Lipinski definition) is 0. The van der Waals surface area contributed by atoms with Gasteiger partial charge in [-0.1, -0.05) is 51.4 Å². The van der Waals surface area contributed by atoms with E-state index in [9.17, 15) is 0 Å². The summed E-state index contributed by atoms with van der Waals surface area (Å²) < 4.78 is 0. The predicted octanol–water partition coefficient (Wildman–Crippen LogP) is 4.97. The van der Waals surface area contributed by atoms with E-state index >= 15 is 0 Å². The zero-order valence-electron chi connectivity index (χ0n) is 8.98. The van der Waals surface area contributed by atoms with Crippen LogP contribution in [0.25, 0.3) is 0 Å². The van der Waals surface area contributed by atoms with Crippen LogP contribution in [0.1, 0.15) is 57.8 Å². The van der Waals surface area contributed by atoms with Gasteiger partial charge in [-0.25, -0.2) is 0 Å². The van der Waals surface area contributed by atoms with Crippen molar-refractivity contribution < 1.29 is 0 Å². The van der Waals surface area contributed by atoms with Crippen LogP contribution in [0.4, 0.5) is 0 Å². The van der Waals surface area contributed by atoms with Crippen LogP contribution in [0.2, 0.25) is 0 Å². The monoisotopic (exact) mass is 236 g/mol. The Labute approximate surface area is 98.4 Å². The molecule has 84 valence electrons. The molecule has 0 aromatic rings. The van der Waals surface area contributed by atoms with Gasteiger partial charge in [0.15, 0.2) is 0 Å². The number of alkyl halides is 2. The number of rotatable bonds is 6. The Hall–Kier alpha value is 0.580. The lowest BCUT2D eigenvalue weighted by molar-refractivity contribution is 0.328. The highest BCUT2D eigenvalue weighted by atomic mass is 35.5. The molecule has 1 aliphatic carbocycles. The smallest absolute Gasteiger partial charge is 0.0471 e. The number of halogens is 2. The van der Waals surface area contributed by atoms with Crippen molar-refractivity contribution in [3.8, 4) is 0 Å². The molecule has 0 heterocycles. The van der Waals surface area contributed by atoms with Gasteiger partial charge >= 0.3 is 0 Å². The first kappa shape index (κ1) is 12.6. The summed E-state index contributed by atoms with van der Waals surface area (Å²) in [5.74, 6) is 1.62. The summed E-state index contributed by atoms with van der Waals surface area (Å²) in [5.41, 5.74) is 0. The molecule has 14 heavy (non-hydrogen) atoms. The maximum Gasteiger partial charge on any atom is 0.0471 e. The summed E-state index contributed by atoms with van der Waals surface area (Å²) in [4.78, 5) is 0. The fourth-order valence-corrected chi connectivity index (χ4v) is 2.66. The predicted molar refractivity (Wildman–Crippen MR) is 65.4 cm³/mol. The van der Waals surface area contributed by atoms with Gasteiger partial charge in [-0.15, -0.1) is 23.2 Å². The molecule has 0 aromatic carbocycles. The van der Waals surface area contributed by atoms with Gasteiger partial charge in [0.25, 0.3) is 0 Å². The average Bonchev–Trinajstić information content (AvgIpc) is 2.25. The van der Waals surface area contributed by atoms with Gasteiger partial charge in [0.1, 0.15) is 0 Å². The lowest BCUT2D eigenvalue weighted by atomic mass is 9.85. The van der Waals surface area contributed by atoms with Crippen LogP contribution in [-0.2, 0) is 0 Å². The van der Waals surface area contributed by atoms with Crippen molar-refractivity contribution in [2.45, 2.75) is 63.2 Å². The summed E-state index contributed by atoms with van der Waals surface area (Å²) in [7, 11) is 0. The summed E-state index contributed by atoms with van der Waals surface area (Å²) in [5, 5.41) is 0.197. The summed E-state index contributed by atoms with van der Waals surface area (Å²) >= 11 is 11.6. The zero-order chi connectivity index (χ0) is 10.2. The Morgan fingerprint density at radius 1 is 1.07 bits per heavy atom. The third kappa shape index (κ3) is 5.46. The lowest BCUT2D eigenvalue weighted by Gasteiger charge is -2.21. The second-order valence-corrected chi connectivity index (χ2v) is 5.47. The Balaban J connectivity index is 1.92. The molecule has 0 aliphatic heterocycles. The van der Waals surface area contributed by atoms with Gasteiger partial charge in [-0.05, 0) is 12.3 Å². The minimum atomic E-state index is 0.197. The molecule has 0 amide bonds. The Kier molecular flexibility index (Phi) is 7.06. The molecule has 0 bridgehead atoms. The van der Waals surface area contributed by atoms with Gasteiger partial charge in [-0.3, -0.25) is 0 Å². The molecule has 1 fully saturated rings. The van der Waals surface area contributed by atoms with Crippen molar-refractivity contribution >= 4 is 23.2 Å². The van der Waals surface area contributed by atoms with E-state index in [0.717, 1.165) is 12.3 Å². The topological polar surface area (TPSA) is 0 Å². The molecule has 1 saturated carbocycles. The highest BCUT2D eigenvalue weighted by Crippen LogP contribution is 2.28. The normalized spacial score (nSPS) is 21.0. The first-order chi connectivity index (χ1) is 6.83. The maximum atomic E-state index is 5.95. The zero-order valence-corrected chi connectivity index (χ0v) is 10.5. The SMILES string of the molecule is ClCC(Cl)CCCCC1CCCCC1. The van der Waals surface area contributed by atoms with E-state index in [1.54, 1.807) is 0 Å². The maximum absolute atomic E-state index is 5.95. The highest BCUT2D eigenvalue weighted by Gasteiger charge is 2.12. The average molecular weight is 237 g/mol. The van der Waals surface area contributed by atoms with E-state index in [1.807, 2.05) is 0 Å². The van der Waals surface area contributed by atoms with Crippen molar-refractivity contribution in [2.24, 2.45) is 5.92 Å². The minimum Gasteiger partial charge on any atom is -0.125 e. The quantitative estimate of drug-likeness (QED) is 0.451. The molecule has 0 aromatic heterocycles. The van der Waals surface area contributed by atoms with Crippen molar-refractivity contribution in [3.63, 3.8) is 0 Å². The molecule has 0 radical (unpaired) electrons. The fraction of sp³-hybridized carbons (Fsp3) is 1.00. The second-order valence-electron chi connectivity index (χ2n) is 4.54. The van der Waals surface area contributed by atoms with Crippen LogP contribution in [0.3, 0.4) is 0 Å². The third-order valence-corrected chi connectivity index (χ3v) is 4.17. The van der Waals surface area contributed by atoms with Gasteiger partial charge < -0.3 is 0 Å².